The Morgan fingerprint density at radius 1 is 1.26 bits per heavy atom. The van der Waals surface area contributed by atoms with Gasteiger partial charge in [-0.1, -0.05) is 25.0 Å². The summed E-state index contributed by atoms with van der Waals surface area (Å²) in [7, 11) is 0. The molecule has 0 aromatic rings. The minimum atomic E-state index is 0.692. The molecule has 3 heteroatoms. The van der Waals surface area contributed by atoms with Gasteiger partial charge in [0.25, 0.3) is 0 Å². The molecular weight excluding hydrogens is 236 g/mol. The van der Waals surface area contributed by atoms with Gasteiger partial charge >= 0.3 is 0 Å². The highest BCUT2D eigenvalue weighted by Gasteiger charge is 2.32. The van der Waals surface area contributed by atoms with E-state index in [2.05, 4.69) is 17.2 Å². The Morgan fingerprint density at radius 3 is 2.84 bits per heavy atom. The van der Waals surface area contributed by atoms with Crippen molar-refractivity contribution < 1.29 is 4.74 Å². The molecule has 0 bridgehead atoms. The lowest BCUT2D eigenvalue weighted by Crippen LogP contribution is -2.47. The van der Waals surface area contributed by atoms with Crippen molar-refractivity contribution in [3.63, 3.8) is 0 Å². The molecule has 3 atom stereocenters. The maximum atomic E-state index is 5.57. The van der Waals surface area contributed by atoms with Crippen LogP contribution in [0.25, 0.3) is 0 Å². The third kappa shape index (κ3) is 4.90. The Labute approximate surface area is 118 Å². The zero-order valence-electron chi connectivity index (χ0n) is 12.4. The fraction of sp³-hybridized carbons (Fsp3) is 0.875. The topological polar surface area (TPSA) is 33.3 Å². The molecule has 0 radical (unpaired) electrons. The van der Waals surface area contributed by atoms with Crippen molar-refractivity contribution in [2.24, 2.45) is 5.92 Å². The maximum absolute atomic E-state index is 5.57. The highest BCUT2D eigenvalue weighted by Crippen LogP contribution is 2.30. The average Bonchev–Trinajstić information content (AvgIpc) is 2.92. The van der Waals surface area contributed by atoms with Crippen molar-refractivity contribution >= 4 is 0 Å². The lowest BCUT2D eigenvalue weighted by molar-refractivity contribution is 0.142. The van der Waals surface area contributed by atoms with Crippen molar-refractivity contribution in [2.45, 2.75) is 57.5 Å². The van der Waals surface area contributed by atoms with Crippen LogP contribution in [-0.4, -0.2) is 38.4 Å². The minimum Gasteiger partial charge on any atom is -0.376 e. The average molecular weight is 266 g/mol. The van der Waals surface area contributed by atoms with Crippen LogP contribution < -0.4 is 10.6 Å². The molecule has 19 heavy (non-hydrogen) atoms. The summed E-state index contributed by atoms with van der Waals surface area (Å²) in [6, 6.07) is 1.45. The van der Waals surface area contributed by atoms with Gasteiger partial charge in [-0.05, 0) is 45.1 Å². The van der Waals surface area contributed by atoms with Crippen molar-refractivity contribution in [3.8, 4) is 0 Å². The van der Waals surface area contributed by atoms with Gasteiger partial charge in [0.15, 0.2) is 0 Å². The van der Waals surface area contributed by atoms with Gasteiger partial charge in [-0.2, -0.15) is 0 Å². The number of rotatable bonds is 7. The molecular formula is C16H30N2O. The molecule has 0 aromatic carbocycles. The molecule has 3 nitrogen and oxygen atoms in total. The summed E-state index contributed by atoms with van der Waals surface area (Å²) in [4.78, 5) is 0. The Morgan fingerprint density at radius 2 is 2.11 bits per heavy atom. The van der Waals surface area contributed by atoms with Crippen molar-refractivity contribution in [2.75, 3.05) is 26.3 Å². The summed E-state index contributed by atoms with van der Waals surface area (Å²) in [6.45, 7) is 9.55. The van der Waals surface area contributed by atoms with Crippen molar-refractivity contribution in [3.05, 3.63) is 12.2 Å². The Kier molecular flexibility index (Phi) is 6.35. The number of hydrogen-bond donors (Lipinski definition) is 2. The van der Waals surface area contributed by atoms with Crippen LogP contribution in [-0.2, 0) is 4.74 Å². The summed E-state index contributed by atoms with van der Waals surface area (Å²) >= 11 is 0. The summed E-state index contributed by atoms with van der Waals surface area (Å²) in [5.41, 5.74) is 1.10. The third-order valence-electron chi connectivity index (χ3n) is 4.44. The Hall–Kier alpha value is -0.380. The summed E-state index contributed by atoms with van der Waals surface area (Å²) in [6.07, 6.45) is 8.25. The molecule has 110 valence electrons. The monoisotopic (exact) mass is 266 g/mol. The third-order valence-corrected chi connectivity index (χ3v) is 4.44. The minimum absolute atomic E-state index is 0.692. The van der Waals surface area contributed by atoms with Gasteiger partial charge in [-0.3, -0.25) is 0 Å². The van der Waals surface area contributed by atoms with Gasteiger partial charge in [-0.15, -0.1) is 0 Å². The van der Waals surface area contributed by atoms with E-state index >= 15 is 0 Å². The molecule has 1 heterocycles. The highest BCUT2D eigenvalue weighted by atomic mass is 16.5. The second-order valence-corrected chi connectivity index (χ2v) is 6.22. The van der Waals surface area contributed by atoms with Gasteiger partial charge in [0.2, 0.25) is 0 Å². The Bertz CT molecular complexity index is 274. The second-order valence-electron chi connectivity index (χ2n) is 6.22. The van der Waals surface area contributed by atoms with Crippen LogP contribution in [0.2, 0.25) is 0 Å². The number of nitrogens with one attached hydrogen (secondary N) is 2. The lowest BCUT2D eigenvalue weighted by atomic mass is 9.79. The maximum Gasteiger partial charge on any atom is 0.0672 e. The van der Waals surface area contributed by atoms with Gasteiger partial charge < -0.3 is 15.4 Å². The molecule has 2 N–H and O–H groups in total. The fourth-order valence-corrected chi connectivity index (χ4v) is 3.53. The lowest BCUT2D eigenvalue weighted by Gasteiger charge is -2.36. The number of ether oxygens (including phenoxy) is 1. The van der Waals surface area contributed by atoms with E-state index in [4.69, 9.17) is 4.74 Å². The number of hydrogen-bond acceptors (Lipinski definition) is 3. The van der Waals surface area contributed by atoms with E-state index in [9.17, 15) is 0 Å². The van der Waals surface area contributed by atoms with E-state index in [-0.39, 0.29) is 0 Å². The first-order valence-corrected chi connectivity index (χ1v) is 7.96. The van der Waals surface area contributed by atoms with Crippen molar-refractivity contribution in [1.82, 2.24) is 10.6 Å². The molecule has 0 amide bonds. The molecule has 2 fully saturated rings. The van der Waals surface area contributed by atoms with Crippen LogP contribution >= 0.6 is 0 Å². The highest BCUT2D eigenvalue weighted by molar-refractivity contribution is 4.91. The van der Waals surface area contributed by atoms with Gasteiger partial charge in [0.05, 0.1) is 13.2 Å². The van der Waals surface area contributed by atoms with E-state index in [1.165, 1.54) is 45.1 Å². The van der Waals surface area contributed by atoms with Crippen LogP contribution in [0.15, 0.2) is 12.2 Å². The predicted octanol–water partition coefficient (Wildman–Crippen LogP) is 2.48. The quantitative estimate of drug-likeness (QED) is 0.548. The van der Waals surface area contributed by atoms with Crippen LogP contribution in [0, 0.1) is 5.92 Å². The molecule has 1 aliphatic carbocycles. The molecule has 0 spiro atoms. The first-order valence-electron chi connectivity index (χ1n) is 7.96. The standard InChI is InChI=1S/C16H30N2O/c1-13(2)12-19-11-10-18-15-7-4-3-6-14(15)16-8-5-9-17-16/h14-18H,1,3-12H2,2H3. The zero-order chi connectivity index (χ0) is 13.5. The van der Waals surface area contributed by atoms with Gasteiger partial charge in [-0.25, -0.2) is 0 Å². The van der Waals surface area contributed by atoms with E-state index in [0.29, 0.717) is 12.6 Å². The summed E-state index contributed by atoms with van der Waals surface area (Å²) in [5, 5.41) is 7.42. The molecule has 2 aliphatic rings. The summed E-state index contributed by atoms with van der Waals surface area (Å²) in [5.74, 6) is 0.831. The SMILES string of the molecule is C=C(C)COCCNC1CCCCC1C1CCCN1. The van der Waals surface area contributed by atoms with E-state index in [1.807, 2.05) is 6.92 Å². The van der Waals surface area contributed by atoms with E-state index in [0.717, 1.165) is 30.7 Å². The van der Waals surface area contributed by atoms with Crippen LogP contribution in [0.4, 0.5) is 0 Å². The van der Waals surface area contributed by atoms with Gasteiger partial charge in [0, 0.05) is 18.6 Å². The van der Waals surface area contributed by atoms with E-state index in [1.54, 1.807) is 0 Å². The van der Waals surface area contributed by atoms with Crippen LogP contribution in [0.3, 0.4) is 0 Å². The largest absolute Gasteiger partial charge is 0.376 e. The summed E-state index contributed by atoms with van der Waals surface area (Å²) < 4.78 is 5.57. The molecule has 1 aliphatic heterocycles. The van der Waals surface area contributed by atoms with Gasteiger partial charge in [0.1, 0.15) is 0 Å². The normalized spacial score (nSPS) is 31.5. The molecule has 0 aromatic heterocycles. The predicted molar refractivity (Wildman–Crippen MR) is 80.4 cm³/mol. The first kappa shape index (κ1) is 15.0. The van der Waals surface area contributed by atoms with Crippen LogP contribution in [0.1, 0.15) is 45.4 Å². The van der Waals surface area contributed by atoms with E-state index < -0.39 is 0 Å². The second kappa shape index (κ2) is 8.03. The Balaban J connectivity index is 1.68. The molecule has 2 rings (SSSR count). The molecule has 1 saturated heterocycles. The van der Waals surface area contributed by atoms with Crippen molar-refractivity contribution in [1.29, 1.82) is 0 Å². The van der Waals surface area contributed by atoms with Crippen LogP contribution in [0.5, 0.6) is 0 Å². The smallest absolute Gasteiger partial charge is 0.0672 e. The fourth-order valence-electron chi connectivity index (χ4n) is 3.53. The molecule has 3 unspecified atom stereocenters. The molecule has 1 saturated carbocycles. The first-order chi connectivity index (χ1) is 9.27. The zero-order valence-corrected chi connectivity index (χ0v) is 12.4.